The average Bonchev–Trinajstić information content (AvgIpc) is 2.93. The van der Waals surface area contributed by atoms with Gasteiger partial charge in [-0.2, -0.15) is 0 Å². The van der Waals surface area contributed by atoms with Crippen LogP contribution < -0.4 is 5.32 Å². The third kappa shape index (κ3) is 2.12. The molecule has 18 heavy (non-hydrogen) atoms. The third-order valence-corrected chi connectivity index (χ3v) is 4.19. The van der Waals surface area contributed by atoms with Gasteiger partial charge in [0.05, 0.1) is 6.04 Å². The molecule has 0 aliphatic heterocycles. The molecular formula is C16H15NS. The molecule has 1 aromatic heterocycles. The van der Waals surface area contributed by atoms with Gasteiger partial charge in [0.15, 0.2) is 0 Å². The summed E-state index contributed by atoms with van der Waals surface area (Å²) >= 11 is 1.79. The molecule has 3 aromatic rings. The van der Waals surface area contributed by atoms with Crippen LogP contribution in [0.1, 0.15) is 17.8 Å². The van der Waals surface area contributed by atoms with Crippen molar-refractivity contribution in [3.8, 4) is 0 Å². The van der Waals surface area contributed by atoms with Crippen molar-refractivity contribution in [3.05, 3.63) is 64.9 Å². The van der Waals surface area contributed by atoms with E-state index in [-0.39, 0.29) is 0 Å². The molecule has 0 aliphatic rings. The van der Waals surface area contributed by atoms with E-state index >= 15 is 0 Å². The highest BCUT2D eigenvalue weighted by Crippen LogP contribution is 2.28. The average molecular weight is 253 g/mol. The zero-order valence-corrected chi connectivity index (χ0v) is 11.1. The molecule has 0 spiro atoms. The summed E-state index contributed by atoms with van der Waals surface area (Å²) in [7, 11) is 0. The van der Waals surface area contributed by atoms with Crippen molar-refractivity contribution in [1.29, 1.82) is 0 Å². The monoisotopic (exact) mass is 253 g/mol. The predicted molar refractivity (Wildman–Crippen MR) is 80.3 cm³/mol. The number of rotatable bonds is 3. The normalized spacial score (nSPS) is 12.5. The molecule has 3 rings (SSSR count). The lowest BCUT2D eigenvalue weighted by Crippen LogP contribution is -2.04. The highest BCUT2D eigenvalue weighted by molar-refractivity contribution is 7.10. The van der Waals surface area contributed by atoms with Crippen LogP contribution in [0.25, 0.3) is 10.8 Å². The van der Waals surface area contributed by atoms with E-state index in [1.165, 1.54) is 21.3 Å². The second-order valence-corrected chi connectivity index (χ2v) is 5.39. The summed E-state index contributed by atoms with van der Waals surface area (Å²) in [6.45, 7) is 2.20. The van der Waals surface area contributed by atoms with E-state index in [0.717, 1.165) is 0 Å². The van der Waals surface area contributed by atoms with E-state index in [9.17, 15) is 0 Å². The molecule has 1 unspecified atom stereocenters. The maximum Gasteiger partial charge on any atom is 0.0578 e. The molecule has 1 atom stereocenters. The van der Waals surface area contributed by atoms with Gasteiger partial charge in [-0.25, -0.2) is 0 Å². The van der Waals surface area contributed by atoms with Crippen LogP contribution in [-0.2, 0) is 0 Å². The molecule has 0 saturated carbocycles. The van der Waals surface area contributed by atoms with Crippen LogP contribution in [-0.4, -0.2) is 0 Å². The Kier molecular flexibility index (Phi) is 3.03. The molecule has 90 valence electrons. The molecule has 0 fully saturated rings. The molecule has 1 heterocycles. The number of nitrogens with one attached hydrogen (secondary N) is 1. The third-order valence-electron chi connectivity index (χ3n) is 3.13. The van der Waals surface area contributed by atoms with Crippen LogP contribution in [0.4, 0.5) is 5.69 Å². The molecule has 1 nitrogen and oxygen atoms in total. The van der Waals surface area contributed by atoms with Crippen molar-refractivity contribution in [2.75, 3.05) is 5.32 Å². The Morgan fingerprint density at radius 1 is 0.944 bits per heavy atom. The molecule has 0 amide bonds. The summed E-state index contributed by atoms with van der Waals surface area (Å²) in [5.41, 5.74) is 1.20. The zero-order chi connectivity index (χ0) is 12.4. The summed E-state index contributed by atoms with van der Waals surface area (Å²) in [4.78, 5) is 1.36. The van der Waals surface area contributed by atoms with Gasteiger partial charge in [0.2, 0.25) is 0 Å². The van der Waals surface area contributed by atoms with Crippen molar-refractivity contribution >= 4 is 27.8 Å². The Balaban J connectivity index is 1.95. The van der Waals surface area contributed by atoms with Crippen molar-refractivity contribution in [2.45, 2.75) is 13.0 Å². The standard InChI is InChI=1S/C16H15NS/c1-12(16-10-5-11-18-16)17-15-9-4-7-13-6-2-3-8-14(13)15/h2-12,17H,1H3. The topological polar surface area (TPSA) is 12.0 Å². The van der Waals surface area contributed by atoms with E-state index in [0.29, 0.717) is 6.04 Å². The Hall–Kier alpha value is -1.80. The quantitative estimate of drug-likeness (QED) is 0.686. The number of hydrogen-bond donors (Lipinski definition) is 1. The van der Waals surface area contributed by atoms with Crippen molar-refractivity contribution in [1.82, 2.24) is 0 Å². The van der Waals surface area contributed by atoms with Crippen LogP contribution in [0, 0.1) is 0 Å². The van der Waals surface area contributed by atoms with Gasteiger partial charge in [0, 0.05) is 16.0 Å². The number of hydrogen-bond acceptors (Lipinski definition) is 2. The molecular weight excluding hydrogens is 238 g/mol. The minimum absolute atomic E-state index is 0.343. The van der Waals surface area contributed by atoms with Gasteiger partial charge < -0.3 is 5.32 Å². The second-order valence-electron chi connectivity index (χ2n) is 4.41. The fraction of sp³-hybridized carbons (Fsp3) is 0.125. The summed E-state index contributed by atoms with van der Waals surface area (Å²) in [5.74, 6) is 0. The molecule has 1 N–H and O–H groups in total. The molecule has 0 aliphatic carbocycles. The summed E-state index contributed by atoms with van der Waals surface area (Å²) in [6.07, 6.45) is 0. The number of fused-ring (bicyclic) bond motifs is 1. The first-order valence-corrected chi connectivity index (χ1v) is 7.00. The highest BCUT2D eigenvalue weighted by atomic mass is 32.1. The predicted octanol–water partition coefficient (Wildman–Crippen LogP) is 5.07. The first-order chi connectivity index (χ1) is 8.84. The Labute approximate surface area is 111 Å². The fourth-order valence-electron chi connectivity index (χ4n) is 2.19. The molecule has 0 bridgehead atoms. The zero-order valence-electron chi connectivity index (χ0n) is 10.3. The van der Waals surface area contributed by atoms with Crippen molar-refractivity contribution in [3.63, 3.8) is 0 Å². The molecule has 2 heteroatoms. The SMILES string of the molecule is CC(Nc1cccc2ccccc12)c1cccs1. The minimum Gasteiger partial charge on any atom is -0.377 e. The first kappa shape index (κ1) is 11.3. The van der Waals surface area contributed by atoms with Gasteiger partial charge in [0.1, 0.15) is 0 Å². The number of benzene rings is 2. The van der Waals surface area contributed by atoms with E-state index < -0.39 is 0 Å². The highest BCUT2D eigenvalue weighted by Gasteiger charge is 2.07. The van der Waals surface area contributed by atoms with E-state index in [1.54, 1.807) is 11.3 Å². The van der Waals surface area contributed by atoms with Gasteiger partial charge in [-0.1, -0.05) is 42.5 Å². The van der Waals surface area contributed by atoms with Crippen LogP contribution >= 0.6 is 11.3 Å². The van der Waals surface area contributed by atoms with Crippen LogP contribution in [0.5, 0.6) is 0 Å². The van der Waals surface area contributed by atoms with Crippen LogP contribution in [0.15, 0.2) is 60.0 Å². The lowest BCUT2D eigenvalue weighted by Gasteiger charge is -2.15. The first-order valence-electron chi connectivity index (χ1n) is 6.12. The largest absolute Gasteiger partial charge is 0.377 e. The van der Waals surface area contributed by atoms with E-state index in [4.69, 9.17) is 0 Å². The maximum atomic E-state index is 3.60. The Morgan fingerprint density at radius 2 is 1.78 bits per heavy atom. The van der Waals surface area contributed by atoms with Gasteiger partial charge in [-0.05, 0) is 29.8 Å². The minimum atomic E-state index is 0.343. The van der Waals surface area contributed by atoms with Crippen LogP contribution in [0.2, 0.25) is 0 Å². The maximum absolute atomic E-state index is 3.60. The van der Waals surface area contributed by atoms with E-state index in [2.05, 4.69) is 72.2 Å². The molecule has 2 aromatic carbocycles. The Bertz CT molecular complexity index is 638. The fourth-order valence-corrected chi connectivity index (χ4v) is 2.93. The van der Waals surface area contributed by atoms with Crippen molar-refractivity contribution in [2.24, 2.45) is 0 Å². The summed E-state index contributed by atoms with van der Waals surface area (Å²) < 4.78 is 0. The smallest absolute Gasteiger partial charge is 0.0578 e. The van der Waals surface area contributed by atoms with Gasteiger partial charge in [0.25, 0.3) is 0 Å². The van der Waals surface area contributed by atoms with Gasteiger partial charge in [-0.15, -0.1) is 11.3 Å². The van der Waals surface area contributed by atoms with Crippen LogP contribution in [0.3, 0.4) is 0 Å². The Morgan fingerprint density at radius 3 is 2.61 bits per heavy atom. The lowest BCUT2D eigenvalue weighted by atomic mass is 10.1. The molecule has 0 saturated heterocycles. The van der Waals surface area contributed by atoms with Gasteiger partial charge in [-0.3, -0.25) is 0 Å². The lowest BCUT2D eigenvalue weighted by molar-refractivity contribution is 0.910. The number of thiophene rings is 1. The number of anilines is 1. The van der Waals surface area contributed by atoms with E-state index in [1.807, 2.05) is 0 Å². The van der Waals surface area contributed by atoms with Crippen molar-refractivity contribution < 1.29 is 0 Å². The second kappa shape index (κ2) is 4.83. The summed E-state index contributed by atoms with van der Waals surface area (Å²) in [6, 6.07) is 19.5. The van der Waals surface area contributed by atoms with Gasteiger partial charge >= 0.3 is 0 Å². The molecule has 0 radical (unpaired) electrons. The summed E-state index contributed by atoms with van der Waals surface area (Å²) in [5, 5.41) is 8.28.